The summed E-state index contributed by atoms with van der Waals surface area (Å²) < 4.78 is 18.6. The predicted molar refractivity (Wildman–Crippen MR) is 115 cm³/mol. The number of nitrogens with zero attached hydrogens (tertiary/aromatic N) is 2. The number of hydrogen-bond acceptors (Lipinski definition) is 4. The van der Waals surface area contributed by atoms with Gasteiger partial charge < -0.3 is 14.6 Å². The number of carbonyl (C=O) groups excluding carboxylic acids is 2. The van der Waals surface area contributed by atoms with E-state index in [1.165, 1.54) is 12.1 Å². The Labute approximate surface area is 180 Å². The van der Waals surface area contributed by atoms with Crippen LogP contribution in [0.3, 0.4) is 0 Å². The molecule has 0 aliphatic carbocycles. The number of hydrogen-bond donors (Lipinski definition) is 1. The van der Waals surface area contributed by atoms with Crippen molar-refractivity contribution in [1.82, 2.24) is 14.9 Å². The van der Waals surface area contributed by atoms with Crippen molar-refractivity contribution in [2.75, 3.05) is 19.7 Å². The van der Waals surface area contributed by atoms with Gasteiger partial charge in [0.05, 0.1) is 30.4 Å². The molecule has 6 nitrogen and oxygen atoms in total. The second kappa shape index (κ2) is 9.29. The minimum absolute atomic E-state index is 0.00123. The molecule has 1 N–H and O–H groups in total. The minimum atomic E-state index is -0.298. The number of fused-ring (bicyclic) bond motifs is 1. The van der Waals surface area contributed by atoms with E-state index in [9.17, 15) is 14.0 Å². The SMILES string of the molecule is CCOC(=O)CC(c1ccc(F)cc1)C1CCN(C(=O)c2ccc3nc[nH]c3c2)CC1. The first-order valence-electron chi connectivity index (χ1n) is 10.7. The van der Waals surface area contributed by atoms with Crippen LogP contribution in [0.25, 0.3) is 11.0 Å². The molecule has 1 aliphatic rings. The van der Waals surface area contributed by atoms with Gasteiger partial charge in [-0.05, 0) is 67.5 Å². The molecule has 3 aromatic rings. The molecule has 1 saturated heterocycles. The molecule has 162 valence electrons. The van der Waals surface area contributed by atoms with Crippen LogP contribution in [-0.4, -0.2) is 46.4 Å². The van der Waals surface area contributed by atoms with Crippen LogP contribution in [0.1, 0.15) is 48.0 Å². The maximum Gasteiger partial charge on any atom is 0.306 e. The molecule has 1 aliphatic heterocycles. The summed E-state index contributed by atoms with van der Waals surface area (Å²) in [5.74, 6) is -0.387. The zero-order valence-electron chi connectivity index (χ0n) is 17.5. The molecule has 2 aromatic carbocycles. The second-order valence-corrected chi connectivity index (χ2v) is 7.93. The fourth-order valence-corrected chi connectivity index (χ4v) is 4.42. The molecule has 0 bridgehead atoms. The fourth-order valence-electron chi connectivity index (χ4n) is 4.42. The molecule has 4 rings (SSSR count). The summed E-state index contributed by atoms with van der Waals surface area (Å²) in [6, 6.07) is 11.8. The molecule has 1 fully saturated rings. The van der Waals surface area contributed by atoms with Crippen molar-refractivity contribution in [2.45, 2.75) is 32.1 Å². The van der Waals surface area contributed by atoms with E-state index >= 15 is 0 Å². The van der Waals surface area contributed by atoms with Crippen LogP contribution in [0.2, 0.25) is 0 Å². The van der Waals surface area contributed by atoms with E-state index < -0.39 is 0 Å². The smallest absolute Gasteiger partial charge is 0.306 e. The third-order valence-corrected chi connectivity index (χ3v) is 6.05. The van der Waals surface area contributed by atoms with Gasteiger partial charge in [0, 0.05) is 18.7 Å². The number of amides is 1. The third kappa shape index (κ3) is 4.76. The number of imidazole rings is 1. The number of likely N-dealkylation sites (tertiary alicyclic amines) is 1. The molecule has 0 saturated carbocycles. The van der Waals surface area contributed by atoms with Gasteiger partial charge in [0.15, 0.2) is 0 Å². The van der Waals surface area contributed by atoms with Crippen LogP contribution in [0.5, 0.6) is 0 Å². The quantitative estimate of drug-likeness (QED) is 0.600. The van der Waals surface area contributed by atoms with Crippen LogP contribution in [-0.2, 0) is 9.53 Å². The highest BCUT2D eigenvalue weighted by molar-refractivity contribution is 5.97. The summed E-state index contributed by atoms with van der Waals surface area (Å²) in [4.78, 5) is 34.3. The summed E-state index contributed by atoms with van der Waals surface area (Å²) in [7, 11) is 0. The normalized spacial score (nSPS) is 15.7. The predicted octanol–water partition coefficient (Wildman–Crippen LogP) is 4.29. The van der Waals surface area contributed by atoms with Gasteiger partial charge in [-0.25, -0.2) is 9.37 Å². The zero-order valence-corrected chi connectivity index (χ0v) is 17.5. The number of rotatable bonds is 6. The second-order valence-electron chi connectivity index (χ2n) is 7.93. The number of aromatic nitrogens is 2. The van der Waals surface area contributed by atoms with Crippen molar-refractivity contribution in [2.24, 2.45) is 5.92 Å². The van der Waals surface area contributed by atoms with Crippen molar-refractivity contribution < 1.29 is 18.7 Å². The van der Waals surface area contributed by atoms with Crippen LogP contribution < -0.4 is 0 Å². The molecule has 0 radical (unpaired) electrons. The molecule has 31 heavy (non-hydrogen) atoms. The van der Waals surface area contributed by atoms with Gasteiger partial charge in [-0.2, -0.15) is 0 Å². The summed E-state index contributed by atoms with van der Waals surface area (Å²) in [6.45, 7) is 3.36. The average molecular weight is 423 g/mol. The van der Waals surface area contributed by atoms with Crippen molar-refractivity contribution in [3.63, 3.8) is 0 Å². The minimum Gasteiger partial charge on any atom is -0.466 e. The zero-order chi connectivity index (χ0) is 21.8. The number of esters is 1. The number of piperidine rings is 1. The molecule has 1 unspecified atom stereocenters. The van der Waals surface area contributed by atoms with Gasteiger partial charge in [-0.1, -0.05) is 12.1 Å². The number of halogens is 1. The molecule has 7 heteroatoms. The lowest BCUT2D eigenvalue weighted by molar-refractivity contribution is -0.144. The number of ether oxygens (including phenoxy) is 1. The van der Waals surface area contributed by atoms with E-state index in [1.807, 2.05) is 17.0 Å². The van der Waals surface area contributed by atoms with Crippen molar-refractivity contribution in [1.29, 1.82) is 0 Å². The van der Waals surface area contributed by atoms with E-state index in [2.05, 4.69) is 9.97 Å². The topological polar surface area (TPSA) is 75.3 Å². The Balaban J connectivity index is 1.45. The number of carbonyl (C=O) groups is 2. The lowest BCUT2D eigenvalue weighted by atomic mass is 9.78. The standard InChI is InChI=1S/C24H26FN3O3/c1-2-31-23(29)14-20(16-3-6-19(25)7-4-16)17-9-11-28(12-10-17)24(30)18-5-8-21-22(13-18)27-15-26-21/h3-8,13,15,17,20H,2,9-12,14H2,1H3,(H,26,27). The van der Waals surface area contributed by atoms with Gasteiger partial charge in [-0.3, -0.25) is 9.59 Å². The number of benzene rings is 2. The van der Waals surface area contributed by atoms with Crippen molar-refractivity contribution >= 4 is 22.9 Å². The number of aromatic amines is 1. The Bertz CT molecular complexity index is 1060. The van der Waals surface area contributed by atoms with E-state index in [0.29, 0.717) is 25.3 Å². The fraction of sp³-hybridized carbons (Fsp3) is 0.375. The number of H-pyrrole nitrogens is 1. The molecule has 0 spiro atoms. The van der Waals surface area contributed by atoms with Crippen LogP contribution in [0.15, 0.2) is 48.8 Å². The summed E-state index contributed by atoms with van der Waals surface area (Å²) in [5, 5.41) is 0. The Morgan fingerprint density at radius 1 is 1.19 bits per heavy atom. The average Bonchev–Trinajstić information content (AvgIpc) is 3.26. The Hall–Kier alpha value is -3.22. The Morgan fingerprint density at radius 2 is 1.94 bits per heavy atom. The maximum absolute atomic E-state index is 13.4. The van der Waals surface area contributed by atoms with Crippen molar-refractivity contribution in [3.05, 3.63) is 65.7 Å². The van der Waals surface area contributed by atoms with E-state index in [-0.39, 0.29) is 36.0 Å². The Morgan fingerprint density at radius 3 is 2.65 bits per heavy atom. The molecular weight excluding hydrogens is 397 g/mol. The molecule has 1 aromatic heterocycles. The van der Waals surface area contributed by atoms with Gasteiger partial charge in [0.2, 0.25) is 0 Å². The highest BCUT2D eigenvalue weighted by atomic mass is 19.1. The molecular formula is C24H26FN3O3. The van der Waals surface area contributed by atoms with E-state index in [4.69, 9.17) is 4.74 Å². The highest BCUT2D eigenvalue weighted by Gasteiger charge is 2.31. The van der Waals surface area contributed by atoms with Gasteiger partial charge >= 0.3 is 5.97 Å². The summed E-state index contributed by atoms with van der Waals surface area (Å²) >= 11 is 0. The van der Waals surface area contributed by atoms with E-state index in [1.54, 1.807) is 31.5 Å². The van der Waals surface area contributed by atoms with Crippen molar-refractivity contribution in [3.8, 4) is 0 Å². The first-order chi connectivity index (χ1) is 15.0. The number of nitrogens with one attached hydrogen (secondary N) is 1. The van der Waals surface area contributed by atoms with Gasteiger partial charge in [0.25, 0.3) is 5.91 Å². The maximum atomic E-state index is 13.4. The first-order valence-corrected chi connectivity index (χ1v) is 10.7. The molecule has 1 atom stereocenters. The van der Waals surface area contributed by atoms with E-state index in [0.717, 1.165) is 29.4 Å². The lowest BCUT2D eigenvalue weighted by Gasteiger charge is -2.36. The lowest BCUT2D eigenvalue weighted by Crippen LogP contribution is -2.40. The monoisotopic (exact) mass is 423 g/mol. The molecule has 2 heterocycles. The highest BCUT2D eigenvalue weighted by Crippen LogP contribution is 2.36. The van der Waals surface area contributed by atoms with Crippen LogP contribution >= 0.6 is 0 Å². The molecule has 1 amide bonds. The summed E-state index contributed by atoms with van der Waals surface area (Å²) in [6.07, 6.45) is 3.43. The Kier molecular flexibility index (Phi) is 6.30. The summed E-state index contributed by atoms with van der Waals surface area (Å²) in [5.41, 5.74) is 3.24. The largest absolute Gasteiger partial charge is 0.466 e. The van der Waals surface area contributed by atoms with Crippen LogP contribution in [0, 0.1) is 11.7 Å². The van der Waals surface area contributed by atoms with Gasteiger partial charge in [-0.15, -0.1) is 0 Å². The first kappa shape index (κ1) is 21.0. The van der Waals surface area contributed by atoms with Crippen LogP contribution in [0.4, 0.5) is 4.39 Å². The van der Waals surface area contributed by atoms with Gasteiger partial charge in [0.1, 0.15) is 5.82 Å². The third-order valence-electron chi connectivity index (χ3n) is 6.05.